The average Bonchev–Trinajstić information content (AvgIpc) is 2.38. The van der Waals surface area contributed by atoms with Crippen LogP contribution >= 0.6 is 15.9 Å². The largest absolute Gasteiger partial charge is 0.497 e. The molecule has 1 rings (SSSR count). The maximum Gasteiger partial charge on any atom is 0.119 e. The molecule has 0 amide bonds. The van der Waals surface area contributed by atoms with Crippen LogP contribution in [-0.2, 0) is 6.42 Å². The summed E-state index contributed by atoms with van der Waals surface area (Å²) in [4.78, 5) is 0. The number of methoxy groups -OCH3 is 1. The van der Waals surface area contributed by atoms with Gasteiger partial charge < -0.3 is 10.1 Å². The first-order valence-corrected chi connectivity index (χ1v) is 7.91. The van der Waals surface area contributed by atoms with Crippen molar-refractivity contribution in [2.75, 3.05) is 13.7 Å². The number of hydrogen-bond donors (Lipinski definition) is 1. The lowest BCUT2D eigenvalue weighted by Crippen LogP contribution is -2.31. The van der Waals surface area contributed by atoms with Crippen LogP contribution in [0.5, 0.6) is 5.75 Å². The standard InChI is InChI=1S/C16H26BrNO/c1-5-18-14(7-6-12(2)3)10-13-11-15(19-4)8-9-16(13)17/h8-9,11-12,14,18H,5-7,10H2,1-4H3. The minimum atomic E-state index is 0.538. The second kappa shape index (κ2) is 8.60. The van der Waals surface area contributed by atoms with Crippen molar-refractivity contribution >= 4 is 15.9 Å². The smallest absolute Gasteiger partial charge is 0.119 e. The molecule has 19 heavy (non-hydrogen) atoms. The molecule has 108 valence electrons. The van der Waals surface area contributed by atoms with Gasteiger partial charge in [0.2, 0.25) is 0 Å². The zero-order chi connectivity index (χ0) is 14.3. The molecule has 1 aromatic rings. The van der Waals surface area contributed by atoms with E-state index in [9.17, 15) is 0 Å². The first-order chi connectivity index (χ1) is 9.06. The fourth-order valence-electron chi connectivity index (χ4n) is 2.20. The summed E-state index contributed by atoms with van der Waals surface area (Å²) >= 11 is 3.64. The second-order valence-electron chi connectivity index (χ2n) is 5.39. The lowest BCUT2D eigenvalue weighted by atomic mass is 9.97. The van der Waals surface area contributed by atoms with E-state index < -0.39 is 0 Å². The zero-order valence-electron chi connectivity index (χ0n) is 12.5. The Kier molecular flexibility index (Phi) is 7.47. The molecule has 0 fully saturated rings. The number of halogens is 1. The van der Waals surface area contributed by atoms with Crippen LogP contribution in [0.25, 0.3) is 0 Å². The van der Waals surface area contributed by atoms with E-state index in [0.717, 1.165) is 24.6 Å². The van der Waals surface area contributed by atoms with Gasteiger partial charge in [-0.15, -0.1) is 0 Å². The predicted octanol–water partition coefficient (Wildman–Crippen LogP) is 4.41. The van der Waals surface area contributed by atoms with Crippen LogP contribution in [0.15, 0.2) is 22.7 Å². The van der Waals surface area contributed by atoms with E-state index in [1.54, 1.807) is 7.11 Å². The summed E-state index contributed by atoms with van der Waals surface area (Å²) in [5.41, 5.74) is 1.31. The van der Waals surface area contributed by atoms with Crippen molar-refractivity contribution in [3.8, 4) is 5.75 Å². The Balaban J connectivity index is 2.71. The summed E-state index contributed by atoms with van der Waals surface area (Å²) in [6.07, 6.45) is 3.52. The third-order valence-electron chi connectivity index (χ3n) is 3.30. The first-order valence-electron chi connectivity index (χ1n) is 7.12. The summed E-state index contributed by atoms with van der Waals surface area (Å²) < 4.78 is 6.48. The SMILES string of the molecule is CCNC(CCC(C)C)Cc1cc(OC)ccc1Br. The van der Waals surface area contributed by atoms with E-state index in [0.29, 0.717) is 6.04 Å². The molecular weight excluding hydrogens is 302 g/mol. The quantitative estimate of drug-likeness (QED) is 0.763. The van der Waals surface area contributed by atoms with Gasteiger partial charge in [0.15, 0.2) is 0 Å². The Hall–Kier alpha value is -0.540. The highest BCUT2D eigenvalue weighted by Crippen LogP contribution is 2.24. The lowest BCUT2D eigenvalue weighted by molar-refractivity contribution is 0.411. The number of hydrogen-bond acceptors (Lipinski definition) is 2. The van der Waals surface area contributed by atoms with Gasteiger partial charge in [-0.25, -0.2) is 0 Å². The van der Waals surface area contributed by atoms with Crippen molar-refractivity contribution in [3.63, 3.8) is 0 Å². The maximum atomic E-state index is 5.31. The molecule has 2 nitrogen and oxygen atoms in total. The Bertz CT molecular complexity index is 379. The minimum Gasteiger partial charge on any atom is -0.497 e. The number of ether oxygens (including phenoxy) is 1. The van der Waals surface area contributed by atoms with Gasteiger partial charge in [0.05, 0.1) is 7.11 Å². The Morgan fingerprint density at radius 1 is 1.26 bits per heavy atom. The van der Waals surface area contributed by atoms with Crippen LogP contribution < -0.4 is 10.1 Å². The highest BCUT2D eigenvalue weighted by atomic mass is 79.9. The molecule has 0 radical (unpaired) electrons. The highest BCUT2D eigenvalue weighted by molar-refractivity contribution is 9.10. The zero-order valence-corrected chi connectivity index (χ0v) is 14.1. The van der Waals surface area contributed by atoms with Gasteiger partial charge in [-0.3, -0.25) is 0 Å². The molecule has 0 saturated heterocycles. The van der Waals surface area contributed by atoms with Gasteiger partial charge in [-0.05, 0) is 55.5 Å². The van der Waals surface area contributed by atoms with Crippen LogP contribution in [0.1, 0.15) is 39.2 Å². The molecule has 1 N–H and O–H groups in total. The minimum absolute atomic E-state index is 0.538. The van der Waals surface area contributed by atoms with Crippen LogP contribution in [0.3, 0.4) is 0 Å². The highest BCUT2D eigenvalue weighted by Gasteiger charge is 2.12. The molecule has 0 spiro atoms. The molecule has 0 heterocycles. The molecule has 0 aliphatic heterocycles. The van der Waals surface area contributed by atoms with Gasteiger partial charge in [0.25, 0.3) is 0 Å². The summed E-state index contributed by atoms with van der Waals surface area (Å²) in [6, 6.07) is 6.73. The fraction of sp³-hybridized carbons (Fsp3) is 0.625. The summed E-state index contributed by atoms with van der Waals surface area (Å²) in [7, 11) is 1.72. The Morgan fingerprint density at radius 2 is 2.00 bits per heavy atom. The summed E-state index contributed by atoms with van der Waals surface area (Å²) in [5, 5.41) is 3.59. The van der Waals surface area contributed by atoms with E-state index in [1.807, 2.05) is 6.07 Å². The molecule has 0 aliphatic carbocycles. The molecule has 1 atom stereocenters. The fourth-order valence-corrected chi connectivity index (χ4v) is 2.61. The molecule has 0 bridgehead atoms. The van der Waals surface area contributed by atoms with Crippen molar-refractivity contribution in [1.29, 1.82) is 0 Å². The van der Waals surface area contributed by atoms with Crippen molar-refractivity contribution < 1.29 is 4.74 Å². The first kappa shape index (κ1) is 16.5. The maximum absolute atomic E-state index is 5.31. The number of nitrogens with one attached hydrogen (secondary N) is 1. The van der Waals surface area contributed by atoms with Gasteiger partial charge in [-0.1, -0.05) is 36.7 Å². The number of rotatable bonds is 8. The van der Waals surface area contributed by atoms with Crippen LogP contribution in [0, 0.1) is 5.92 Å². The van der Waals surface area contributed by atoms with Crippen molar-refractivity contribution in [2.45, 2.75) is 46.1 Å². The van der Waals surface area contributed by atoms with Crippen LogP contribution in [-0.4, -0.2) is 19.7 Å². The second-order valence-corrected chi connectivity index (χ2v) is 6.24. The Morgan fingerprint density at radius 3 is 2.58 bits per heavy atom. The topological polar surface area (TPSA) is 21.3 Å². The van der Waals surface area contributed by atoms with Crippen molar-refractivity contribution in [3.05, 3.63) is 28.2 Å². The van der Waals surface area contributed by atoms with E-state index in [-0.39, 0.29) is 0 Å². The third-order valence-corrected chi connectivity index (χ3v) is 4.08. The Labute approximate surface area is 126 Å². The van der Waals surface area contributed by atoms with Gasteiger partial charge in [0, 0.05) is 10.5 Å². The molecule has 1 unspecified atom stereocenters. The molecule has 0 aliphatic rings. The average molecular weight is 328 g/mol. The van der Waals surface area contributed by atoms with E-state index in [2.05, 4.69) is 54.2 Å². The molecule has 1 aromatic carbocycles. The van der Waals surface area contributed by atoms with Crippen molar-refractivity contribution in [2.24, 2.45) is 5.92 Å². The third kappa shape index (κ3) is 5.96. The monoisotopic (exact) mass is 327 g/mol. The predicted molar refractivity (Wildman–Crippen MR) is 85.9 cm³/mol. The summed E-state index contributed by atoms with van der Waals surface area (Å²) in [5.74, 6) is 1.69. The molecule has 0 aromatic heterocycles. The van der Waals surface area contributed by atoms with Crippen molar-refractivity contribution in [1.82, 2.24) is 5.32 Å². The summed E-state index contributed by atoms with van der Waals surface area (Å²) in [6.45, 7) is 7.75. The van der Waals surface area contributed by atoms with Crippen LogP contribution in [0.2, 0.25) is 0 Å². The normalized spacial score (nSPS) is 12.7. The van der Waals surface area contributed by atoms with Crippen LogP contribution in [0.4, 0.5) is 0 Å². The molecule has 0 saturated carbocycles. The molecular formula is C16H26BrNO. The molecule has 3 heteroatoms. The number of benzene rings is 1. The van der Waals surface area contributed by atoms with E-state index >= 15 is 0 Å². The van der Waals surface area contributed by atoms with E-state index in [1.165, 1.54) is 22.9 Å². The van der Waals surface area contributed by atoms with Gasteiger partial charge in [-0.2, -0.15) is 0 Å². The van der Waals surface area contributed by atoms with Gasteiger partial charge in [0.1, 0.15) is 5.75 Å². The lowest BCUT2D eigenvalue weighted by Gasteiger charge is -2.20. The number of likely N-dealkylation sites (N-methyl/N-ethyl adjacent to an activating group) is 1. The van der Waals surface area contributed by atoms with E-state index in [4.69, 9.17) is 4.74 Å². The van der Waals surface area contributed by atoms with Gasteiger partial charge >= 0.3 is 0 Å².